The summed E-state index contributed by atoms with van der Waals surface area (Å²) < 4.78 is 10.7. The third kappa shape index (κ3) is 9.62. The van der Waals surface area contributed by atoms with Gasteiger partial charge in [-0.1, -0.05) is 71.7 Å². The molecule has 12 heteroatoms. The Morgan fingerprint density at radius 3 is 1.41 bits per heavy atom. The van der Waals surface area contributed by atoms with Gasteiger partial charge in [-0.25, -0.2) is 20.4 Å². The molecule has 10 nitrogen and oxygen atoms in total. The van der Waals surface area contributed by atoms with E-state index in [0.29, 0.717) is 11.1 Å². The predicted molar refractivity (Wildman–Crippen MR) is 166 cm³/mol. The number of rotatable bonds is 11. The van der Waals surface area contributed by atoms with Crippen LogP contribution in [-0.2, 0) is 9.59 Å². The van der Waals surface area contributed by atoms with E-state index in [1.807, 2.05) is 0 Å². The highest BCUT2D eigenvalue weighted by atomic mass is 35.5. The molecule has 0 radical (unpaired) electrons. The lowest BCUT2D eigenvalue weighted by Gasteiger charge is -2.06. The Kier molecular flexibility index (Phi) is 11.3. The largest absolute Gasteiger partial charge is 0.423 e. The van der Waals surface area contributed by atoms with E-state index in [1.165, 1.54) is 12.4 Å². The fourth-order valence-electron chi connectivity index (χ4n) is 3.59. The summed E-state index contributed by atoms with van der Waals surface area (Å²) in [5, 5.41) is 8.30. The minimum absolute atomic E-state index is 0.137. The van der Waals surface area contributed by atoms with Crippen molar-refractivity contribution in [2.75, 3.05) is 0 Å². The molecular weight excluding hydrogens is 607 g/mol. The normalized spacial score (nSPS) is 10.9. The lowest BCUT2D eigenvalue weighted by molar-refractivity contribution is -0.126. The number of benzene rings is 4. The first-order chi connectivity index (χ1) is 21.3. The third-order valence-corrected chi connectivity index (χ3v) is 6.37. The van der Waals surface area contributed by atoms with Crippen molar-refractivity contribution < 1.29 is 28.7 Å². The smallest absolute Gasteiger partial charge is 0.345 e. The number of nitrogens with zero attached hydrogens (tertiary/aromatic N) is 2. The van der Waals surface area contributed by atoms with Gasteiger partial charge in [0.15, 0.2) is 0 Å². The first-order valence-corrected chi connectivity index (χ1v) is 13.8. The molecule has 0 atom stereocenters. The number of hydrogen-bond donors (Lipinski definition) is 2. The molecule has 222 valence electrons. The average molecular weight is 631 g/mol. The van der Waals surface area contributed by atoms with Gasteiger partial charge >= 0.3 is 11.9 Å². The standard InChI is InChI=1S/C32H24Cl2N4O6/c33-27-13-3-1-11-25(27)31(41)43-23-9-5-7-21(17-23)19-35-37-29(39)15-16-30(40)38-36-20-22-8-6-10-24(18-22)44-32(42)26-12-2-4-14-28(26)34/h1-14,17-20H,15-16H2,(H,37,39)(H,38,40). The van der Waals surface area contributed by atoms with E-state index in [-0.39, 0.29) is 45.5 Å². The lowest BCUT2D eigenvalue weighted by atomic mass is 10.2. The Hall–Kier alpha value is -5.32. The molecule has 0 bridgehead atoms. The van der Waals surface area contributed by atoms with E-state index in [0.717, 1.165) is 0 Å². The highest BCUT2D eigenvalue weighted by Crippen LogP contribution is 2.20. The Labute approximate surface area is 262 Å². The van der Waals surface area contributed by atoms with Gasteiger partial charge in [0, 0.05) is 12.8 Å². The van der Waals surface area contributed by atoms with Crippen molar-refractivity contribution in [2.45, 2.75) is 12.8 Å². The summed E-state index contributed by atoms with van der Waals surface area (Å²) in [5.41, 5.74) is 6.26. The van der Waals surface area contributed by atoms with E-state index in [4.69, 9.17) is 32.7 Å². The summed E-state index contributed by atoms with van der Waals surface area (Å²) in [5.74, 6) is -1.66. The van der Waals surface area contributed by atoms with Gasteiger partial charge in [0.25, 0.3) is 0 Å². The SMILES string of the molecule is O=C(CCC(=O)NN=Cc1cccc(OC(=O)c2ccccc2Cl)c1)NN=Cc1cccc(OC(=O)c2ccccc2Cl)c1. The predicted octanol–water partition coefficient (Wildman–Crippen LogP) is 5.81. The number of carbonyl (C=O) groups is 4. The molecule has 0 unspecified atom stereocenters. The van der Waals surface area contributed by atoms with Gasteiger partial charge in [-0.3, -0.25) is 9.59 Å². The molecule has 0 aromatic heterocycles. The quantitative estimate of drug-likeness (QED) is 0.0928. The molecule has 0 spiro atoms. The Morgan fingerprint density at radius 1 is 0.591 bits per heavy atom. The van der Waals surface area contributed by atoms with Crippen LogP contribution in [0.25, 0.3) is 0 Å². The van der Waals surface area contributed by atoms with Crippen LogP contribution in [0.1, 0.15) is 44.7 Å². The van der Waals surface area contributed by atoms with Crippen molar-refractivity contribution in [3.63, 3.8) is 0 Å². The topological polar surface area (TPSA) is 136 Å². The van der Waals surface area contributed by atoms with Gasteiger partial charge < -0.3 is 9.47 Å². The molecule has 0 aliphatic heterocycles. The molecule has 4 aromatic rings. The van der Waals surface area contributed by atoms with Gasteiger partial charge in [0.05, 0.1) is 33.6 Å². The van der Waals surface area contributed by atoms with Crippen LogP contribution in [0.15, 0.2) is 107 Å². The van der Waals surface area contributed by atoms with E-state index >= 15 is 0 Å². The average Bonchev–Trinajstić information content (AvgIpc) is 3.01. The first kappa shape index (κ1) is 31.6. The number of amides is 2. The number of halogens is 2. The van der Waals surface area contributed by atoms with Crippen molar-refractivity contribution in [2.24, 2.45) is 10.2 Å². The summed E-state index contributed by atoms with van der Waals surface area (Å²) in [6.07, 6.45) is 2.47. The number of ether oxygens (including phenoxy) is 2. The Morgan fingerprint density at radius 2 is 1.00 bits per heavy atom. The van der Waals surface area contributed by atoms with Crippen LogP contribution in [-0.4, -0.2) is 36.2 Å². The second-order valence-corrected chi connectivity index (χ2v) is 9.78. The lowest BCUT2D eigenvalue weighted by Crippen LogP contribution is -2.22. The van der Waals surface area contributed by atoms with E-state index in [2.05, 4.69) is 21.1 Å². The highest BCUT2D eigenvalue weighted by molar-refractivity contribution is 6.34. The van der Waals surface area contributed by atoms with Crippen molar-refractivity contribution in [1.82, 2.24) is 10.9 Å². The van der Waals surface area contributed by atoms with E-state index < -0.39 is 23.8 Å². The maximum atomic E-state index is 12.4. The Balaban J connectivity index is 1.19. The zero-order valence-corrected chi connectivity index (χ0v) is 24.4. The fourth-order valence-corrected chi connectivity index (χ4v) is 4.02. The number of nitrogens with one attached hydrogen (secondary N) is 2. The summed E-state index contributed by atoms with van der Waals surface area (Å²) in [6.45, 7) is 0. The summed E-state index contributed by atoms with van der Waals surface area (Å²) in [7, 11) is 0. The van der Waals surface area contributed by atoms with Crippen molar-refractivity contribution in [3.05, 3.63) is 129 Å². The maximum Gasteiger partial charge on any atom is 0.345 e. The van der Waals surface area contributed by atoms with Crippen molar-refractivity contribution in [1.29, 1.82) is 0 Å². The molecule has 4 rings (SSSR count). The van der Waals surface area contributed by atoms with E-state index in [9.17, 15) is 19.2 Å². The third-order valence-electron chi connectivity index (χ3n) is 5.71. The monoisotopic (exact) mass is 630 g/mol. The molecule has 0 fully saturated rings. The molecule has 0 saturated carbocycles. The van der Waals surface area contributed by atoms with Crippen LogP contribution in [0, 0.1) is 0 Å². The van der Waals surface area contributed by atoms with Gasteiger partial charge in [0.2, 0.25) is 11.8 Å². The molecule has 0 aliphatic carbocycles. The minimum atomic E-state index is -0.607. The van der Waals surface area contributed by atoms with Crippen molar-refractivity contribution in [3.8, 4) is 11.5 Å². The molecule has 2 amide bonds. The molecule has 44 heavy (non-hydrogen) atoms. The second kappa shape index (κ2) is 15.8. The summed E-state index contributed by atoms with van der Waals surface area (Å²) >= 11 is 12.1. The van der Waals surface area contributed by atoms with Crippen LogP contribution >= 0.6 is 23.2 Å². The van der Waals surface area contributed by atoms with Crippen LogP contribution in [0.5, 0.6) is 11.5 Å². The molecule has 0 saturated heterocycles. The van der Waals surface area contributed by atoms with Gasteiger partial charge in [-0.15, -0.1) is 0 Å². The zero-order valence-electron chi connectivity index (χ0n) is 22.9. The van der Waals surface area contributed by atoms with Gasteiger partial charge in [-0.05, 0) is 59.7 Å². The number of carbonyl (C=O) groups excluding carboxylic acids is 4. The van der Waals surface area contributed by atoms with Gasteiger partial charge in [0.1, 0.15) is 11.5 Å². The molecular formula is C32H24Cl2N4O6. The van der Waals surface area contributed by atoms with Gasteiger partial charge in [-0.2, -0.15) is 10.2 Å². The first-order valence-electron chi connectivity index (χ1n) is 13.1. The Bertz CT molecular complexity index is 1610. The van der Waals surface area contributed by atoms with Crippen LogP contribution in [0.2, 0.25) is 10.0 Å². The number of esters is 2. The summed E-state index contributed by atoms with van der Waals surface area (Å²) in [6, 6.07) is 26.1. The number of hydrazone groups is 2. The van der Waals surface area contributed by atoms with Crippen LogP contribution in [0.3, 0.4) is 0 Å². The van der Waals surface area contributed by atoms with Crippen molar-refractivity contribution >= 4 is 59.4 Å². The number of hydrogen-bond acceptors (Lipinski definition) is 8. The molecule has 0 aliphatic rings. The van der Waals surface area contributed by atoms with E-state index in [1.54, 1.807) is 97.1 Å². The molecule has 4 aromatic carbocycles. The molecule has 0 heterocycles. The highest BCUT2D eigenvalue weighted by Gasteiger charge is 2.13. The zero-order chi connectivity index (χ0) is 31.3. The van der Waals surface area contributed by atoms with Crippen LogP contribution in [0.4, 0.5) is 0 Å². The summed E-state index contributed by atoms with van der Waals surface area (Å²) in [4.78, 5) is 48.9. The van der Waals surface area contributed by atoms with Crippen LogP contribution < -0.4 is 20.3 Å². The maximum absolute atomic E-state index is 12.4. The minimum Gasteiger partial charge on any atom is -0.423 e. The molecule has 2 N–H and O–H groups in total. The second-order valence-electron chi connectivity index (χ2n) is 8.97. The fraction of sp³-hybridized carbons (Fsp3) is 0.0625.